The number of aryl methyl sites for hydroxylation is 2. The quantitative estimate of drug-likeness (QED) is 0.813. The molecule has 1 aromatic carbocycles. The van der Waals surface area contributed by atoms with E-state index in [1.54, 1.807) is 0 Å². The van der Waals surface area contributed by atoms with E-state index in [9.17, 15) is 0 Å². The maximum absolute atomic E-state index is 6.72. The van der Waals surface area contributed by atoms with Crippen LogP contribution in [0, 0.1) is 6.92 Å². The Kier molecular flexibility index (Phi) is 2.70. The van der Waals surface area contributed by atoms with Gasteiger partial charge in [0.25, 0.3) is 0 Å². The van der Waals surface area contributed by atoms with Gasteiger partial charge in [-0.1, -0.05) is 31.4 Å². The Morgan fingerprint density at radius 1 is 1.17 bits per heavy atom. The van der Waals surface area contributed by atoms with Crippen LogP contribution in [0.2, 0.25) is 0 Å². The Bertz CT molecular complexity index is 574. The molecule has 0 atom stereocenters. The third kappa shape index (κ3) is 1.67. The summed E-state index contributed by atoms with van der Waals surface area (Å²) in [5.74, 6) is 0. The minimum Gasteiger partial charge on any atom is -0.350 e. The van der Waals surface area contributed by atoms with Gasteiger partial charge in [0.2, 0.25) is 0 Å². The second-order valence-corrected chi connectivity index (χ2v) is 5.84. The zero-order chi connectivity index (χ0) is 12.8. The molecular weight excluding hydrogens is 220 g/mol. The lowest BCUT2D eigenvalue weighted by Crippen LogP contribution is -2.38. The standard InChI is InChI=1S/C16H22N2/c1-12-7-6-8-14-15(12)13(11-18(14)2)16(17)9-4-3-5-10-16/h6-8,11H,3-5,9-10,17H2,1-2H3. The molecule has 96 valence electrons. The average molecular weight is 242 g/mol. The fourth-order valence-electron chi connectivity index (χ4n) is 3.45. The Morgan fingerprint density at radius 2 is 1.89 bits per heavy atom. The molecule has 0 aliphatic heterocycles. The van der Waals surface area contributed by atoms with Crippen LogP contribution in [0.3, 0.4) is 0 Å². The van der Waals surface area contributed by atoms with E-state index >= 15 is 0 Å². The molecule has 1 heterocycles. The number of nitrogens with zero attached hydrogens (tertiary/aromatic N) is 1. The second-order valence-electron chi connectivity index (χ2n) is 5.84. The Hall–Kier alpha value is -1.28. The smallest absolute Gasteiger partial charge is 0.0483 e. The van der Waals surface area contributed by atoms with Crippen molar-refractivity contribution in [3.63, 3.8) is 0 Å². The van der Waals surface area contributed by atoms with Gasteiger partial charge in [-0.15, -0.1) is 0 Å². The zero-order valence-corrected chi connectivity index (χ0v) is 11.4. The molecule has 1 fully saturated rings. The van der Waals surface area contributed by atoms with Crippen LogP contribution < -0.4 is 5.73 Å². The molecule has 3 rings (SSSR count). The highest BCUT2D eigenvalue weighted by molar-refractivity contribution is 5.88. The number of fused-ring (bicyclic) bond motifs is 1. The van der Waals surface area contributed by atoms with Gasteiger partial charge < -0.3 is 10.3 Å². The fraction of sp³-hybridized carbons (Fsp3) is 0.500. The predicted octanol–water partition coefficient (Wildman–Crippen LogP) is 3.60. The molecule has 0 bridgehead atoms. The normalized spacial score (nSPS) is 19.3. The molecule has 2 N–H and O–H groups in total. The van der Waals surface area contributed by atoms with Crippen molar-refractivity contribution < 1.29 is 0 Å². The summed E-state index contributed by atoms with van der Waals surface area (Å²) in [5.41, 5.74) is 10.6. The van der Waals surface area contributed by atoms with Crippen molar-refractivity contribution in [1.82, 2.24) is 4.57 Å². The van der Waals surface area contributed by atoms with E-state index < -0.39 is 0 Å². The minimum absolute atomic E-state index is 0.107. The van der Waals surface area contributed by atoms with Gasteiger partial charge in [0.1, 0.15) is 0 Å². The summed E-state index contributed by atoms with van der Waals surface area (Å²) in [6.07, 6.45) is 8.37. The molecule has 0 unspecified atom stereocenters. The monoisotopic (exact) mass is 242 g/mol. The number of hydrogen-bond acceptors (Lipinski definition) is 1. The molecule has 0 amide bonds. The van der Waals surface area contributed by atoms with E-state index in [0.29, 0.717) is 0 Å². The van der Waals surface area contributed by atoms with Crippen LogP contribution in [0.4, 0.5) is 0 Å². The first-order chi connectivity index (χ1) is 8.62. The lowest BCUT2D eigenvalue weighted by Gasteiger charge is -2.33. The van der Waals surface area contributed by atoms with Gasteiger partial charge in [-0.2, -0.15) is 0 Å². The molecule has 1 aromatic heterocycles. The highest BCUT2D eigenvalue weighted by Crippen LogP contribution is 2.39. The highest BCUT2D eigenvalue weighted by Gasteiger charge is 2.32. The number of nitrogens with two attached hydrogens (primary N) is 1. The molecular formula is C16H22N2. The van der Waals surface area contributed by atoms with Crippen molar-refractivity contribution in [2.24, 2.45) is 12.8 Å². The van der Waals surface area contributed by atoms with Crippen molar-refractivity contribution >= 4 is 10.9 Å². The van der Waals surface area contributed by atoms with E-state index in [0.717, 1.165) is 12.8 Å². The number of hydrogen-bond donors (Lipinski definition) is 1. The first-order valence-electron chi connectivity index (χ1n) is 6.96. The van der Waals surface area contributed by atoms with Crippen LogP contribution in [0.5, 0.6) is 0 Å². The van der Waals surface area contributed by atoms with Crippen molar-refractivity contribution in [2.75, 3.05) is 0 Å². The molecule has 1 aliphatic carbocycles. The molecule has 2 aromatic rings. The predicted molar refractivity (Wildman–Crippen MR) is 76.6 cm³/mol. The van der Waals surface area contributed by atoms with Crippen molar-refractivity contribution in [3.05, 3.63) is 35.5 Å². The molecule has 0 spiro atoms. The topological polar surface area (TPSA) is 30.9 Å². The maximum atomic E-state index is 6.72. The SMILES string of the molecule is Cc1cccc2c1c(C1(N)CCCCC1)cn2C. The van der Waals surface area contributed by atoms with E-state index in [2.05, 4.69) is 42.9 Å². The highest BCUT2D eigenvalue weighted by atomic mass is 14.9. The van der Waals surface area contributed by atoms with Crippen molar-refractivity contribution in [1.29, 1.82) is 0 Å². The van der Waals surface area contributed by atoms with E-state index in [1.165, 1.54) is 41.3 Å². The van der Waals surface area contributed by atoms with Gasteiger partial charge >= 0.3 is 0 Å². The van der Waals surface area contributed by atoms with Crippen LogP contribution in [0.15, 0.2) is 24.4 Å². The summed E-state index contributed by atoms with van der Waals surface area (Å²) >= 11 is 0. The largest absolute Gasteiger partial charge is 0.350 e. The van der Waals surface area contributed by atoms with Crippen LogP contribution in [0.1, 0.15) is 43.2 Å². The molecule has 0 radical (unpaired) electrons. The Balaban J connectivity index is 2.23. The van der Waals surface area contributed by atoms with Gasteiger partial charge in [-0.25, -0.2) is 0 Å². The van der Waals surface area contributed by atoms with E-state index in [1.807, 2.05) is 0 Å². The molecule has 2 nitrogen and oxygen atoms in total. The van der Waals surface area contributed by atoms with Crippen molar-refractivity contribution in [3.8, 4) is 0 Å². The van der Waals surface area contributed by atoms with Crippen LogP contribution in [-0.4, -0.2) is 4.57 Å². The minimum atomic E-state index is -0.107. The van der Waals surface area contributed by atoms with Gasteiger partial charge in [-0.3, -0.25) is 0 Å². The van der Waals surface area contributed by atoms with Gasteiger partial charge in [0.15, 0.2) is 0 Å². The van der Waals surface area contributed by atoms with E-state index in [4.69, 9.17) is 5.73 Å². The summed E-state index contributed by atoms with van der Waals surface area (Å²) < 4.78 is 2.22. The maximum Gasteiger partial charge on any atom is 0.0483 e. The lowest BCUT2D eigenvalue weighted by molar-refractivity contribution is 0.304. The first kappa shape index (κ1) is 11.8. The van der Waals surface area contributed by atoms with Gasteiger partial charge in [-0.05, 0) is 37.0 Å². The fourth-order valence-corrected chi connectivity index (χ4v) is 3.45. The zero-order valence-electron chi connectivity index (χ0n) is 11.4. The molecule has 18 heavy (non-hydrogen) atoms. The average Bonchev–Trinajstić information content (AvgIpc) is 2.70. The number of aromatic nitrogens is 1. The first-order valence-corrected chi connectivity index (χ1v) is 6.96. The third-order valence-corrected chi connectivity index (χ3v) is 4.51. The van der Waals surface area contributed by atoms with Crippen molar-refractivity contribution in [2.45, 2.75) is 44.6 Å². The van der Waals surface area contributed by atoms with Crippen LogP contribution in [-0.2, 0) is 12.6 Å². The lowest BCUT2D eigenvalue weighted by atomic mass is 9.77. The molecule has 0 saturated heterocycles. The van der Waals surface area contributed by atoms with Gasteiger partial charge in [0, 0.05) is 29.7 Å². The Labute approximate surface area is 109 Å². The summed E-state index contributed by atoms with van der Waals surface area (Å²) in [6, 6.07) is 6.52. The summed E-state index contributed by atoms with van der Waals surface area (Å²) in [6.45, 7) is 2.19. The second kappa shape index (κ2) is 4.13. The number of rotatable bonds is 1. The third-order valence-electron chi connectivity index (χ3n) is 4.51. The Morgan fingerprint density at radius 3 is 2.61 bits per heavy atom. The molecule has 1 saturated carbocycles. The summed E-state index contributed by atoms with van der Waals surface area (Å²) in [7, 11) is 2.12. The number of benzene rings is 1. The molecule has 1 aliphatic rings. The van der Waals surface area contributed by atoms with E-state index in [-0.39, 0.29) is 5.54 Å². The van der Waals surface area contributed by atoms with Crippen LogP contribution in [0.25, 0.3) is 10.9 Å². The van der Waals surface area contributed by atoms with Gasteiger partial charge in [0.05, 0.1) is 0 Å². The molecule has 2 heteroatoms. The summed E-state index contributed by atoms with van der Waals surface area (Å²) in [5, 5.41) is 1.38. The summed E-state index contributed by atoms with van der Waals surface area (Å²) in [4.78, 5) is 0. The van der Waals surface area contributed by atoms with Crippen LogP contribution >= 0.6 is 0 Å².